The Balaban J connectivity index is 1.06. The van der Waals surface area contributed by atoms with Crippen LogP contribution in [0.4, 0.5) is 0 Å². The summed E-state index contributed by atoms with van der Waals surface area (Å²) in [7, 11) is 0. The van der Waals surface area contributed by atoms with E-state index >= 15 is 0 Å². The van der Waals surface area contributed by atoms with Gasteiger partial charge in [0.2, 0.25) is 0 Å². The van der Waals surface area contributed by atoms with Gasteiger partial charge in [-0.25, -0.2) is 15.0 Å². The van der Waals surface area contributed by atoms with Crippen LogP contribution in [-0.2, 0) is 5.41 Å². The minimum atomic E-state index is -0.469. The van der Waals surface area contributed by atoms with Gasteiger partial charge in [0.25, 0.3) is 0 Å². The summed E-state index contributed by atoms with van der Waals surface area (Å²) in [5, 5.41) is 0. The highest BCUT2D eigenvalue weighted by Crippen LogP contribution is 2.65. The smallest absolute Gasteiger partial charge is 0.164 e. The summed E-state index contributed by atoms with van der Waals surface area (Å²) >= 11 is 0. The number of rotatable bonds is 9. The number of aromatic nitrogens is 3. The van der Waals surface area contributed by atoms with Gasteiger partial charge < -0.3 is 0 Å². The molecular formula is C66H69N3. The predicted octanol–water partition coefficient (Wildman–Crippen LogP) is 17.7. The Bertz CT molecular complexity index is 2760. The average molecular weight is 904 g/mol. The SMILES string of the molecule is c1ccc(-c2nc(-c3ccccc3)nc(-c3cccc4c3-c3ccccc3C43c4cc(C(C5CCCCC5)C5CCCCC5)ccc4-c4ccc(C(C5CCCCC5)C5CCCCC5)cc43)n2)cc1. The summed E-state index contributed by atoms with van der Waals surface area (Å²) < 4.78 is 0. The van der Waals surface area contributed by atoms with Gasteiger partial charge in [-0.3, -0.25) is 0 Å². The number of hydrogen-bond acceptors (Lipinski definition) is 3. The first kappa shape index (κ1) is 43.4. The van der Waals surface area contributed by atoms with Gasteiger partial charge in [0.15, 0.2) is 17.5 Å². The Morgan fingerprint density at radius 1 is 0.319 bits per heavy atom. The molecule has 0 saturated heterocycles. The Kier molecular flexibility index (Phi) is 11.7. The van der Waals surface area contributed by atoms with E-state index in [2.05, 4.69) is 140 Å². The number of benzene rings is 6. The number of fused-ring (bicyclic) bond motifs is 10. The molecule has 3 nitrogen and oxygen atoms in total. The van der Waals surface area contributed by atoms with Crippen LogP contribution in [0, 0.1) is 23.7 Å². The minimum Gasteiger partial charge on any atom is -0.208 e. The summed E-state index contributed by atoms with van der Waals surface area (Å²) in [6.07, 6.45) is 27.8. The van der Waals surface area contributed by atoms with Gasteiger partial charge in [0, 0.05) is 16.7 Å². The molecule has 0 aliphatic heterocycles. The maximum absolute atomic E-state index is 5.41. The fourth-order valence-electron chi connectivity index (χ4n) is 15.6. The first-order chi connectivity index (χ1) is 34.2. The van der Waals surface area contributed by atoms with Crippen molar-refractivity contribution in [2.75, 3.05) is 0 Å². The van der Waals surface area contributed by atoms with E-state index in [1.165, 1.54) is 173 Å². The second-order valence-corrected chi connectivity index (χ2v) is 22.3. The zero-order valence-corrected chi connectivity index (χ0v) is 40.7. The lowest BCUT2D eigenvalue weighted by Crippen LogP contribution is -2.29. The van der Waals surface area contributed by atoms with Crippen molar-refractivity contribution in [3.8, 4) is 56.4 Å². The second kappa shape index (κ2) is 18.6. The van der Waals surface area contributed by atoms with Crippen LogP contribution in [0.15, 0.2) is 140 Å². The molecule has 4 fully saturated rings. The fourth-order valence-corrected chi connectivity index (χ4v) is 15.6. The highest BCUT2D eigenvalue weighted by molar-refractivity contribution is 5.99. The van der Waals surface area contributed by atoms with Crippen LogP contribution >= 0.6 is 0 Å². The van der Waals surface area contributed by atoms with E-state index in [0.717, 1.165) is 46.2 Å². The summed E-state index contributed by atoms with van der Waals surface area (Å²) in [5.74, 6) is 6.47. The van der Waals surface area contributed by atoms with Gasteiger partial charge in [-0.15, -0.1) is 0 Å². The molecule has 6 aliphatic carbocycles. The molecule has 13 rings (SSSR count). The van der Waals surface area contributed by atoms with Crippen LogP contribution in [0.2, 0.25) is 0 Å². The van der Waals surface area contributed by atoms with Crippen molar-refractivity contribution in [3.05, 3.63) is 173 Å². The maximum Gasteiger partial charge on any atom is 0.164 e. The molecular weight excluding hydrogens is 835 g/mol. The zero-order valence-electron chi connectivity index (χ0n) is 40.7. The monoisotopic (exact) mass is 904 g/mol. The Labute approximate surface area is 411 Å². The van der Waals surface area contributed by atoms with Crippen LogP contribution in [0.3, 0.4) is 0 Å². The Morgan fingerprint density at radius 2 is 0.710 bits per heavy atom. The first-order valence-electron chi connectivity index (χ1n) is 27.6. The standard InChI is InChI=1S/C66H69N3/c1-7-22-44(23-8-1)60(45-24-9-2-10-25-45)50-38-40-52-53-41-39-51(61(46-26-11-3-12-27-46)47-28-13-4-14-29-47)43-59(53)66(58(52)42-50)56-36-20-19-34-54(56)62-55(35-21-37-57(62)66)65-68-63(48-30-15-5-16-31-48)67-64(69-65)49-32-17-6-18-33-49/h5-6,15-21,30-47,60-61H,1-4,7-14,22-29H2. The third-order valence-electron chi connectivity index (χ3n) is 18.6. The maximum atomic E-state index is 5.41. The minimum absolute atomic E-state index is 0.469. The zero-order chi connectivity index (χ0) is 45.7. The molecule has 6 aliphatic rings. The van der Waals surface area contributed by atoms with Gasteiger partial charge in [-0.2, -0.15) is 0 Å². The van der Waals surface area contributed by atoms with E-state index in [1.54, 1.807) is 11.1 Å². The largest absolute Gasteiger partial charge is 0.208 e. The molecule has 0 unspecified atom stereocenters. The van der Waals surface area contributed by atoms with E-state index in [0.29, 0.717) is 23.5 Å². The van der Waals surface area contributed by atoms with Gasteiger partial charge in [-0.05, 0) is 143 Å². The van der Waals surface area contributed by atoms with Gasteiger partial charge in [-0.1, -0.05) is 217 Å². The summed E-state index contributed by atoms with van der Waals surface area (Å²) in [6, 6.07) is 53.6. The van der Waals surface area contributed by atoms with Gasteiger partial charge in [0.05, 0.1) is 5.41 Å². The van der Waals surface area contributed by atoms with Crippen LogP contribution < -0.4 is 0 Å². The third kappa shape index (κ3) is 7.55. The third-order valence-corrected chi connectivity index (χ3v) is 18.6. The molecule has 69 heavy (non-hydrogen) atoms. The van der Waals surface area contributed by atoms with Crippen LogP contribution in [0.1, 0.15) is 174 Å². The van der Waals surface area contributed by atoms with Crippen LogP contribution in [0.5, 0.6) is 0 Å². The lowest BCUT2D eigenvalue weighted by Gasteiger charge is -2.39. The molecule has 348 valence electrons. The second-order valence-electron chi connectivity index (χ2n) is 22.3. The molecule has 0 bridgehead atoms. The summed E-state index contributed by atoms with van der Waals surface area (Å²) in [6.45, 7) is 0. The molecule has 4 saturated carbocycles. The van der Waals surface area contributed by atoms with Gasteiger partial charge in [0.1, 0.15) is 0 Å². The van der Waals surface area contributed by atoms with Crippen molar-refractivity contribution >= 4 is 0 Å². The summed E-state index contributed by atoms with van der Waals surface area (Å²) in [5.41, 5.74) is 17.1. The lowest BCUT2D eigenvalue weighted by molar-refractivity contribution is 0.202. The summed E-state index contributed by atoms with van der Waals surface area (Å²) in [4.78, 5) is 16.0. The number of nitrogens with zero attached hydrogens (tertiary/aromatic N) is 3. The molecule has 7 aromatic rings. The molecule has 6 aromatic carbocycles. The molecule has 1 aromatic heterocycles. The molecule has 1 spiro atoms. The molecule has 0 N–H and O–H groups in total. The lowest BCUT2D eigenvalue weighted by atomic mass is 9.64. The van der Waals surface area contributed by atoms with E-state index in [9.17, 15) is 0 Å². The Morgan fingerprint density at radius 3 is 1.17 bits per heavy atom. The van der Waals surface area contributed by atoms with Crippen LogP contribution in [-0.4, -0.2) is 15.0 Å². The van der Waals surface area contributed by atoms with Crippen molar-refractivity contribution in [1.82, 2.24) is 15.0 Å². The Hall–Kier alpha value is -5.67. The predicted molar refractivity (Wildman–Crippen MR) is 284 cm³/mol. The van der Waals surface area contributed by atoms with Crippen molar-refractivity contribution in [2.24, 2.45) is 23.7 Å². The normalized spacial score (nSPS) is 19.4. The van der Waals surface area contributed by atoms with E-state index in [4.69, 9.17) is 15.0 Å². The van der Waals surface area contributed by atoms with E-state index in [1.807, 2.05) is 0 Å². The molecule has 1 heterocycles. The van der Waals surface area contributed by atoms with Crippen molar-refractivity contribution < 1.29 is 0 Å². The fraction of sp³-hybridized carbons (Fsp3) is 0.409. The highest BCUT2D eigenvalue weighted by Gasteiger charge is 2.53. The van der Waals surface area contributed by atoms with Gasteiger partial charge >= 0.3 is 0 Å². The molecule has 3 heteroatoms. The quantitative estimate of drug-likeness (QED) is 0.145. The van der Waals surface area contributed by atoms with E-state index in [-0.39, 0.29) is 0 Å². The first-order valence-corrected chi connectivity index (χ1v) is 27.6. The van der Waals surface area contributed by atoms with Crippen molar-refractivity contribution in [2.45, 2.75) is 146 Å². The molecule has 0 amide bonds. The molecule has 0 radical (unpaired) electrons. The van der Waals surface area contributed by atoms with Crippen molar-refractivity contribution in [3.63, 3.8) is 0 Å². The van der Waals surface area contributed by atoms with E-state index < -0.39 is 5.41 Å². The number of hydrogen-bond donors (Lipinski definition) is 0. The van der Waals surface area contributed by atoms with Crippen molar-refractivity contribution in [1.29, 1.82) is 0 Å². The average Bonchev–Trinajstić information content (AvgIpc) is 3.89. The molecule has 0 atom stereocenters. The topological polar surface area (TPSA) is 38.7 Å². The highest BCUT2D eigenvalue weighted by atomic mass is 15.0. The van der Waals surface area contributed by atoms with Crippen LogP contribution in [0.25, 0.3) is 56.4 Å².